The van der Waals surface area contributed by atoms with Gasteiger partial charge in [-0.3, -0.25) is 9.69 Å². The molecular weight excluding hydrogens is 322 g/mol. The molecule has 1 N–H and O–H groups in total. The van der Waals surface area contributed by atoms with Gasteiger partial charge in [0, 0.05) is 25.0 Å². The van der Waals surface area contributed by atoms with E-state index in [1.54, 1.807) is 0 Å². The van der Waals surface area contributed by atoms with Crippen molar-refractivity contribution in [3.05, 3.63) is 35.9 Å². The quantitative estimate of drug-likeness (QED) is 0.762. The Morgan fingerprint density at radius 2 is 1.85 bits per heavy atom. The highest BCUT2D eigenvalue weighted by Gasteiger charge is 2.28. The maximum atomic E-state index is 12.3. The number of likely N-dealkylation sites (tertiary alicyclic amines) is 2. The van der Waals surface area contributed by atoms with Crippen molar-refractivity contribution in [1.29, 1.82) is 0 Å². The Balaban J connectivity index is 1.33. The fourth-order valence-corrected chi connectivity index (χ4v) is 4.38. The summed E-state index contributed by atoms with van der Waals surface area (Å²) in [4.78, 5) is 17.4. The highest BCUT2D eigenvalue weighted by molar-refractivity contribution is 5.76. The van der Waals surface area contributed by atoms with Gasteiger partial charge in [0.25, 0.3) is 0 Å². The minimum Gasteiger partial charge on any atom is -0.352 e. The van der Waals surface area contributed by atoms with Crippen molar-refractivity contribution < 1.29 is 4.79 Å². The number of nitrogens with zero attached hydrogens (tertiary/aromatic N) is 2. The second-order valence-electron chi connectivity index (χ2n) is 8.13. The van der Waals surface area contributed by atoms with Crippen LogP contribution >= 0.6 is 0 Å². The summed E-state index contributed by atoms with van der Waals surface area (Å²) in [6, 6.07) is 11.6. The zero-order valence-corrected chi connectivity index (χ0v) is 16.3. The van der Waals surface area contributed by atoms with Crippen LogP contribution in [0.5, 0.6) is 0 Å². The van der Waals surface area contributed by atoms with Crippen molar-refractivity contribution in [2.45, 2.75) is 63.5 Å². The van der Waals surface area contributed by atoms with E-state index < -0.39 is 0 Å². The highest BCUT2D eigenvalue weighted by Crippen LogP contribution is 2.20. The van der Waals surface area contributed by atoms with Gasteiger partial charge in [-0.05, 0) is 77.2 Å². The summed E-state index contributed by atoms with van der Waals surface area (Å²) >= 11 is 0. The molecule has 1 amide bonds. The third-order valence-electron chi connectivity index (χ3n) is 5.98. The Morgan fingerprint density at radius 3 is 2.62 bits per heavy atom. The van der Waals surface area contributed by atoms with Crippen LogP contribution in [-0.4, -0.2) is 61.0 Å². The summed E-state index contributed by atoms with van der Waals surface area (Å²) in [6.45, 7) is 4.67. The number of rotatable bonds is 7. The lowest BCUT2D eigenvalue weighted by molar-refractivity contribution is -0.122. The van der Waals surface area contributed by atoms with Crippen LogP contribution in [0.3, 0.4) is 0 Å². The molecule has 4 heteroatoms. The van der Waals surface area contributed by atoms with Crippen molar-refractivity contribution >= 4 is 5.91 Å². The summed E-state index contributed by atoms with van der Waals surface area (Å²) in [5.74, 6) is 0.244. The number of hydrogen-bond donors (Lipinski definition) is 1. The largest absolute Gasteiger partial charge is 0.352 e. The second kappa shape index (κ2) is 10.1. The Labute approximate surface area is 158 Å². The predicted octanol–water partition coefficient (Wildman–Crippen LogP) is 3.07. The smallest absolute Gasteiger partial charge is 0.220 e. The second-order valence-corrected chi connectivity index (χ2v) is 8.13. The van der Waals surface area contributed by atoms with Gasteiger partial charge in [-0.2, -0.15) is 0 Å². The molecule has 0 spiro atoms. The Hall–Kier alpha value is -1.39. The molecule has 1 aromatic carbocycles. The van der Waals surface area contributed by atoms with Crippen molar-refractivity contribution in [3.8, 4) is 0 Å². The lowest BCUT2D eigenvalue weighted by atomic mass is 9.98. The topological polar surface area (TPSA) is 35.6 Å². The number of hydrogen-bond acceptors (Lipinski definition) is 3. The molecule has 0 saturated carbocycles. The van der Waals surface area contributed by atoms with Crippen molar-refractivity contribution in [2.75, 3.05) is 33.2 Å². The van der Waals surface area contributed by atoms with Gasteiger partial charge in [0.1, 0.15) is 0 Å². The molecule has 2 fully saturated rings. The zero-order chi connectivity index (χ0) is 18.2. The number of unbranched alkanes of at least 4 members (excludes halogenated alkanes) is 1. The van der Waals surface area contributed by atoms with E-state index in [9.17, 15) is 4.79 Å². The molecule has 1 aromatic rings. The molecule has 0 aliphatic carbocycles. The molecular formula is C22H35N3O. The van der Waals surface area contributed by atoms with Gasteiger partial charge >= 0.3 is 0 Å². The predicted molar refractivity (Wildman–Crippen MR) is 107 cm³/mol. The number of carbonyl (C=O) groups is 1. The first-order valence-electron chi connectivity index (χ1n) is 10.5. The van der Waals surface area contributed by atoms with E-state index >= 15 is 0 Å². The maximum absolute atomic E-state index is 12.3. The van der Waals surface area contributed by atoms with E-state index in [0.717, 1.165) is 38.3 Å². The number of benzene rings is 1. The normalized spacial score (nSPS) is 23.0. The van der Waals surface area contributed by atoms with Gasteiger partial charge in [0.2, 0.25) is 5.91 Å². The average Bonchev–Trinajstić information content (AvgIpc) is 2.67. The first-order chi connectivity index (χ1) is 12.7. The van der Waals surface area contributed by atoms with Gasteiger partial charge in [-0.25, -0.2) is 0 Å². The van der Waals surface area contributed by atoms with Gasteiger partial charge < -0.3 is 10.2 Å². The summed E-state index contributed by atoms with van der Waals surface area (Å²) < 4.78 is 0. The number of carbonyl (C=O) groups excluding carboxylic acids is 1. The monoisotopic (exact) mass is 357 g/mol. The van der Waals surface area contributed by atoms with Crippen LogP contribution in [0.1, 0.15) is 50.5 Å². The fraction of sp³-hybridized carbons (Fsp3) is 0.682. The van der Waals surface area contributed by atoms with Crippen LogP contribution < -0.4 is 5.32 Å². The fourth-order valence-electron chi connectivity index (χ4n) is 4.38. The Kier molecular flexibility index (Phi) is 7.51. The molecule has 144 valence electrons. The van der Waals surface area contributed by atoms with E-state index in [4.69, 9.17) is 0 Å². The maximum Gasteiger partial charge on any atom is 0.220 e. The molecule has 0 aromatic heterocycles. The van der Waals surface area contributed by atoms with E-state index in [1.807, 2.05) is 0 Å². The van der Waals surface area contributed by atoms with Crippen molar-refractivity contribution in [3.63, 3.8) is 0 Å². The summed E-state index contributed by atoms with van der Waals surface area (Å²) in [5.41, 5.74) is 1.37. The van der Waals surface area contributed by atoms with Crippen LogP contribution in [0.4, 0.5) is 0 Å². The van der Waals surface area contributed by atoms with Crippen molar-refractivity contribution in [2.24, 2.45) is 0 Å². The molecule has 1 atom stereocenters. The number of nitrogens with one attached hydrogen (secondary N) is 1. The zero-order valence-electron chi connectivity index (χ0n) is 16.3. The first kappa shape index (κ1) is 19.4. The van der Waals surface area contributed by atoms with Crippen LogP contribution in [0.2, 0.25) is 0 Å². The number of amides is 1. The Morgan fingerprint density at radius 1 is 1.08 bits per heavy atom. The lowest BCUT2D eigenvalue weighted by Gasteiger charge is -2.41. The van der Waals surface area contributed by atoms with Gasteiger partial charge in [-0.1, -0.05) is 30.3 Å². The molecule has 26 heavy (non-hydrogen) atoms. The van der Waals surface area contributed by atoms with E-state index in [1.165, 1.54) is 44.5 Å². The molecule has 0 radical (unpaired) electrons. The molecule has 2 saturated heterocycles. The molecule has 2 aliphatic rings. The third-order valence-corrected chi connectivity index (χ3v) is 5.98. The van der Waals surface area contributed by atoms with E-state index in [2.05, 4.69) is 52.5 Å². The van der Waals surface area contributed by atoms with E-state index in [-0.39, 0.29) is 5.91 Å². The van der Waals surface area contributed by atoms with Crippen molar-refractivity contribution in [1.82, 2.24) is 15.1 Å². The lowest BCUT2D eigenvalue weighted by Crippen LogP contribution is -2.53. The molecule has 0 bridgehead atoms. The van der Waals surface area contributed by atoms with Crippen LogP contribution in [-0.2, 0) is 11.2 Å². The minimum absolute atomic E-state index is 0.244. The summed E-state index contributed by atoms with van der Waals surface area (Å²) in [7, 11) is 2.22. The SMILES string of the molecule is CN1CCC(N2CCCC(NC(=O)CCCCc3ccccc3)C2)CC1. The number of piperidine rings is 2. The summed E-state index contributed by atoms with van der Waals surface area (Å²) in [5, 5.41) is 3.30. The molecule has 2 aliphatic heterocycles. The van der Waals surface area contributed by atoms with Gasteiger partial charge in [0.15, 0.2) is 0 Å². The van der Waals surface area contributed by atoms with Gasteiger partial charge in [-0.15, -0.1) is 0 Å². The van der Waals surface area contributed by atoms with Crippen LogP contribution in [0, 0.1) is 0 Å². The number of aryl methyl sites for hydroxylation is 1. The molecule has 3 rings (SSSR count). The molecule has 1 unspecified atom stereocenters. The molecule has 4 nitrogen and oxygen atoms in total. The standard InChI is InChI=1S/C22H35N3O/c1-24-16-13-21(14-17-24)25-15-7-11-20(18-25)23-22(26)12-6-5-10-19-8-3-2-4-9-19/h2-4,8-9,20-21H,5-7,10-18H2,1H3,(H,23,26). The minimum atomic E-state index is 0.244. The highest BCUT2D eigenvalue weighted by atomic mass is 16.1. The van der Waals surface area contributed by atoms with Crippen LogP contribution in [0.25, 0.3) is 0 Å². The first-order valence-corrected chi connectivity index (χ1v) is 10.5. The van der Waals surface area contributed by atoms with E-state index in [0.29, 0.717) is 12.5 Å². The third kappa shape index (κ3) is 6.10. The van der Waals surface area contributed by atoms with Crippen LogP contribution in [0.15, 0.2) is 30.3 Å². The molecule has 2 heterocycles. The Bertz CT molecular complexity index is 540. The average molecular weight is 358 g/mol. The summed E-state index contributed by atoms with van der Waals surface area (Å²) in [6.07, 6.45) is 8.70. The van der Waals surface area contributed by atoms with Gasteiger partial charge in [0.05, 0.1) is 0 Å².